The maximum Gasteiger partial charge on any atom is 0.0921 e. The number of hydrogen-bond donors (Lipinski definition) is 2. The Hall–Kier alpha value is -0.610. The van der Waals surface area contributed by atoms with Crippen molar-refractivity contribution in [3.63, 3.8) is 0 Å². The molecular weight excluding hydrogens is 212 g/mol. The summed E-state index contributed by atoms with van der Waals surface area (Å²) < 4.78 is 0. The highest BCUT2D eigenvalue weighted by Crippen LogP contribution is 2.19. The van der Waals surface area contributed by atoms with Gasteiger partial charge in [-0.25, -0.2) is 0 Å². The topological polar surface area (TPSA) is 56.4 Å². The first kappa shape index (κ1) is 14.5. The van der Waals surface area contributed by atoms with E-state index in [1.54, 1.807) is 0 Å². The Bertz CT molecular complexity index is 242. The zero-order valence-corrected chi connectivity index (χ0v) is 11.6. The van der Waals surface area contributed by atoms with E-state index in [4.69, 9.17) is 11.1 Å². The highest BCUT2D eigenvalue weighted by Gasteiger charge is 2.26. The number of hydrogen-bond acceptors (Lipinski definition) is 3. The predicted octanol–water partition coefficient (Wildman–Crippen LogP) is 1.51. The van der Waals surface area contributed by atoms with Crippen LogP contribution in [0, 0.1) is 5.41 Å². The molecule has 1 saturated heterocycles. The van der Waals surface area contributed by atoms with E-state index in [-0.39, 0.29) is 0 Å². The number of amidine groups is 1. The zero-order valence-electron chi connectivity index (χ0n) is 11.6. The molecule has 3 N–H and O–H groups in total. The van der Waals surface area contributed by atoms with Crippen LogP contribution < -0.4 is 5.73 Å². The number of rotatable bonds is 7. The fourth-order valence-electron chi connectivity index (χ4n) is 2.87. The van der Waals surface area contributed by atoms with E-state index in [9.17, 15) is 0 Å². The lowest BCUT2D eigenvalue weighted by atomic mass is 10.1. The Morgan fingerprint density at radius 2 is 2.24 bits per heavy atom. The van der Waals surface area contributed by atoms with Crippen molar-refractivity contribution in [2.24, 2.45) is 5.73 Å². The van der Waals surface area contributed by atoms with Crippen LogP contribution in [0.15, 0.2) is 0 Å². The van der Waals surface area contributed by atoms with Gasteiger partial charge in [0.25, 0.3) is 0 Å². The summed E-state index contributed by atoms with van der Waals surface area (Å²) in [5, 5.41) is 7.42. The third-order valence-electron chi connectivity index (χ3n) is 3.95. The molecular formula is C13H28N4. The van der Waals surface area contributed by atoms with E-state index in [1.807, 2.05) is 0 Å². The van der Waals surface area contributed by atoms with Crippen LogP contribution in [0.2, 0.25) is 0 Å². The largest absolute Gasteiger partial charge is 0.388 e. The van der Waals surface area contributed by atoms with Gasteiger partial charge in [0, 0.05) is 25.0 Å². The highest BCUT2D eigenvalue weighted by molar-refractivity contribution is 5.77. The van der Waals surface area contributed by atoms with Gasteiger partial charge < -0.3 is 10.6 Å². The summed E-state index contributed by atoms with van der Waals surface area (Å²) in [5.74, 6) is 0.308. The third-order valence-corrected chi connectivity index (χ3v) is 3.95. The van der Waals surface area contributed by atoms with Crippen molar-refractivity contribution in [2.75, 3.05) is 26.7 Å². The minimum atomic E-state index is 0.308. The van der Waals surface area contributed by atoms with Crippen LogP contribution in [-0.2, 0) is 0 Å². The summed E-state index contributed by atoms with van der Waals surface area (Å²) in [5.41, 5.74) is 5.51. The monoisotopic (exact) mass is 240 g/mol. The summed E-state index contributed by atoms with van der Waals surface area (Å²) in [6, 6.07) is 1.12. The van der Waals surface area contributed by atoms with E-state index >= 15 is 0 Å². The molecule has 0 saturated carbocycles. The van der Waals surface area contributed by atoms with Crippen molar-refractivity contribution < 1.29 is 0 Å². The smallest absolute Gasteiger partial charge is 0.0921 e. The van der Waals surface area contributed by atoms with Gasteiger partial charge in [0.1, 0.15) is 0 Å². The standard InChI is InChI=1S/C13H28N4/c1-4-11(9-13(14)15)16(3)10-12-7-6-8-17(12)5-2/h11-12H,4-10H2,1-3H3,(H3,14,15). The SMILES string of the molecule is CCC(CC(=N)N)N(C)CC1CCCN1CC. The van der Waals surface area contributed by atoms with E-state index in [0.717, 1.165) is 19.5 Å². The molecule has 0 aromatic carbocycles. The molecule has 1 aliphatic heterocycles. The number of nitrogens with zero attached hydrogens (tertiary/aromatic N) is 2. The molecule has 1 aliphatic rings. The molecule has 17 heavy (non-hydrogen) atoms. The fourth-order valence-corrected chi connectivity index (χ4v) is 2.87. The van der Waals surface area contributed by atoms with Crippen LogP contribution >= 0.6 is 0 Å². The predicted molar refractivity (Wildman–Crippen MR) is 73.5 cm³/mol. The van der Waals surface area contributed by atoms with Crippen molar-refractivity contribution in [3.05, 3.63) is 0 Å². The lowest BCUT2D eigenvalue weighted by Crippen LogP contribution is -2.43. The summed E-state index contributed by atoms with van der Waals surface area (Å²) >= 11 is 0. The Morgan fingerprint density at radius 3 is 2.76 bits per heavy atom. The molecule has 0 aromatic heterocycles. The highest BCUT2D eigenvalue weighted by atomic mass is 15.2. The van der Waals surface area contributed by atoms with Crippen LogP contribution in [-0.4, -0.2) is 54.4 Å². The molecule has 0 radical (unpaired) electrons. The zero-order chi connectivity index (χ0) is 12.8. The fraction of sp³-hybridized carbons (Fsp3) is 0.923. The second-order valence-corrected chi connectivity index (χ2v) is 5.16. The van der Waals surface area contributed by atoms with Crippen molar-refractivity contribution in [3.8, 4) is 0 Å². The van der Waals surface area contributed by atoms with Crippen LogP contribution in [0.3, 0.4) is 0 Å². The molecule has 0 aromatic rings. The van der Waals surface area contributed by atoms with Gasteiger partial charge in [-0.3, -0.25) is 10.3 Å². The molecule has 0 amide bonds. The summed E-state index contributed by atoms with van der Waals surface area (Å²) in [4.78, 5) is 4.96. The third kappa shape index (κ3) is 4.28. The van der Waals surface area contributed by atoms with Gasteiger partial charge in [-0.05, 0) is 39.4 Å². The van der Waals surface area contributed by atoms with Crippen molar-refractivity contribution in [1.29, 1.82) is 5.41 Å². The molecule has 4 heteroatoms. The number of nitrogens with one attached hydrogen (secondary N) is 1. The van der Waals surface area contributed by atoms with Gasteiger partial charge >= 0.3 is 0 Å². The van der Waals surface area contributed by atoms with Crippen molar-refractivity contribution in [2.45, 2.75) is 51.6 Å². The summed E-state index contributed by atoms with van der Waals surface area (Å²) in [6.45, 7) is 7.93. The molecule has 4 nitrogen and oxygen atoms in total. The molecule has 0 bridgehead atoms. The molecule has 1 fully saturated rings. The summed E-state index contributed by atoms with van der Waals surface area (Å²) in [7, 11) is 2.17. The second kappa shape index (κ2) is 6.97. The lowest BCUT2D eigenvalue weighted by Gasteiger charge is -2.32. The number of likely N-dealkylation sites (N-methyl/N-ethyl adjacent to an activating group) is 2. The molecule has 1 heterocycles. The quantitative estimate of drug-likeness (QED) is 0.524. The first-order chi connectivity index (χ1) is 8.08. The average molecular weight is 240 g/mol. The first-order valence-electron chi connectivity index (χ1n) is 6.85. The van der Waals surface area contributed by atoms with Gasteiger partial charge in [-0.1, -0.05) is 13.8 Å². The molecule has 0 spiro atoms. The van der Waals surface area contributed by atoms with Gasteiger partial charge in [0.05, 0.1) is 5.84 Å². The molecule has 1 rings (SSSR count). The van der Waals surface area contributed by atoms with Gasteiger partial charge in [-0.15, -0.1) is 0 Å². The maximum atomic E-state index is 7.42. The lowest BCUT2D eigenvalue weighted by molar-refractivity contribution is 0.162. The Morgan fingerprint density at radius 1 is 1.53 bits per heavy atom. The minimum absolute atomic E-state index is 0.308. The van der Waals surface area contributed by atoms with Gasteiger partial charge in [0.2, 0.25) is 0 Å². The maximum absolute atomic E-state index is 7.42. The van der Waals surface area contributed by atoms with E-state index in [1.165, 1.54) is 19.4 Å². The molecule has 100 valence electrons. The summed E-state index contributed by atoms with van der Waals surface area (Å²) in [6.07, 6.45) is 4.41. The van der Waals surface area contributed by atoms with E-state index in [0.29, 0.717) is 24.3 Å². The number of likely N-dealkylation sites (tertiary alicyclic amines) is 1. The Labute approximate surface area is 106 Å². The van der Waals surface area contributed by atoms with E-state index < -0.39 is 0 Å². The Kier molecular flexibility index (Phi) is 5.92. The van der Waals surface area contributed by atoms with E-state index in [2.05, 4.69) is 30.7 Å². The Balaban J connectivity index is 2.45. The van der Waals surface area contributed by atoms with Crippen LogP contribution in [0.1, 0.15) is 39.5 Å². The number of nitrogens with two attached hydrogens (primary N) is 1. The van der Waals surface area contributed by atoms with Crippen molar-refractivity contribution in [1.82, 2.24) is 9.80 Å². The van der Waals surface area contributed by atoms with Crippen LogP contribution in [0.4, 0.5) is 0 Å². The van der Waals surface area contributed by atoms with Gasteiger partial charge in [0.15, 0.2) is 0 Å². The minimum Gasteiger partial charge on any atom is -0.388 e. The normalized spacial score (nSPS) is 23.2. The molecule has 0 aliphatic carbocycles. The molecule has 2 atom stereocenters. The first-order valence-corrected chi connectivity index (χ1v) is 6.85. The van der Waals surface area contributed by atoms with Crippen LogP contribution in [0.25, 0.3) is 0 Å². The molecule has 2 unspecified atom stereocenters. The van der Waals surface area contributed by atoms with Crippen molar-refractivity contribution >= 4 is 5.84 Å². The second-order valence-electron chi connectivity index (χ2n) is 5.16. The van der Waals surface area contributed by atoms with Gasteiger partial charge in [-0.2, -0.15) is 0 Å². The average Bonchev–Trinajstić information content (AvgIpc) is 2.72. The van der Waals surface area contributed by atoms with Crippen LogP contribution in [0.5, 0.6) is 0 Å².